The summed E-state index contributed by atoms with van der Waals surface area (Å²) in [6.45, 7) is 2.67. The first-order valence-electron chi connectivity index (χ1n) is 8.98. The van der Waals surface area contributed by atoms with Crippen LogP contribution in [0.3, 0.4) is 0 Å². The standard InChI is InChI=1S/C20H26ClNO2/c1-2-3-4-5-6-7-8-12-15-22-19(23)17(18(21)20(22)24)16-13-10-9-11-14-16/h9-11,13-14H,2-8,12,15H2,1H3. The van der Waals surface area contributed by atoms with Gasteiger partial charge in [-0.1, -0.05) is 93.8 Å². The largest absolute Gasteiger partial charge is 0.274 e. The van der Waals surface area contributed by atoms with E-state index in [1.807, 2.05) is 30.3 Å². The van der Waals surface area contributed by atoms with Gasteiger partial charge in [0.1, 0.15) is 5.03 Å². The van der Waals surface area contributed by atoms with Crippen LogP contribution in [0.15, 0.2) is 35.4 Å². The van der Waals surface area contributed by atoms with Gasteiger partial charge in [0.25, 0.3) is 11.8 Å². The van der Waals surface area contributed by atoms with E-state index in [-0.39, 0.29) is 16.8 Å². The van der Waals surface area contributed by atoms with Crippen molar-refractivity contribution in [1.29, 1.82) is 0 Å². The van der Waals surface area contributed by atoms with Crippen molar-refractivity contribution in [3.63, 3.8) is 0 Å². The average molecular weight is 348 g/mol. The molecule has 1 aliphatic heterocycles. The maximum atomic E-state index is 12.5. The molecule has 0 aliphatic carbocycles. The van der Waals surface area contributed by atoms with Gasteiger partial charge >= 0.3 is 0 Å². The molecule has 1 aromatic rings. The molecule has 24 heavy (non-hydrogen) atoms. The van der Waals surface area contributed by atoms with Crippen molar-refractivity contribution in [3.8, 4) is 0 Å². The number of unbranched alkanes of at least 4 members (excludes halogenated alkanes) is 7. The monoisotopic (exact) mass is 347 g/mol. The van der Waals surface area contributed by atoms with Crippen molar-refractivity contribution in [2.45, 2.75) is 58.3 Å². The van der Waals surface area contributed by atoms with Crippen molar-refractivity contribution in [2.24, 2.45) is 0 Å². The Balaban J connectivity index is 1.80. The Hall–Kier alpha value is -1.61. The highest BCUT2D eigenvalue weighted by molar-refractivity contribution is 6.55. The first-order chi connectivity index (χ1) is 11.7. The highest BCUT2D eigenvalue weighted by Crippen LogP contribution is 2.31. The molecule has 0 atom stereocenters. The molecule has 0 saturated heterocycles. The third kappa shape index (κ3) is 4.70. The molecule has 0 saturated carbocycles. The van der Waals surface area contributed by atoms with Crippen molar-refractivity contribution >= 4 is 29.0 Å². The molecule has 0 N–H and O–H groups in total. The fraction of sp³-hybridized carbons (Fsp3) is 0.500. The van der Waals surface area contributed by atoms with Gasteiger partial charge in [-0.25, -0.2) is 0 Å². The normalized spacial score (nSPS) is 14.8. The predicted molar refractivity (Wildman–Crippen MR) is 98.5 cm³/mol. The quantitative estimate of drug-likeness (QED) is 0.433. The highest BCUT2D eigenvalue weighted by atomic mass is 35.5. The van der Waals surface area contributed by atoms with Crippen LogP contribution in [0, 0.1) is 0 Å². The first kappa shape index (κ1) is 18.7. The molecule has 1 aromatic carbocycles. The van der Waals surface area contributed by atoms with Gasteiger partial charge in [0.2, 0.25) is 0 Å². The number of hydrogen-bond acceptors (Lipinski definition) is 2. The van der Waals surface area contributed by atoms with E-state index in [0.29, 0.717) is 17.7 Å². The Morgan fingerprint density at radius 1 is 0.833 bits per heavy atom. The van der Waals surface area contributed by atoms with Crippen LogP contribution in [-0.4, -0.2) is 23.3 Å². The SMILES string of the molecule is CCCCCCCCCCN1C(=O)C(Cl)=C(c2ccccc2)C1=O. The molecule has 130 valence electrons. The second kappa shape index (κ2) is 9.63. The molecule has 0 unspecified atom stereocenters. The third-order valence-corrected chi connectivity index (χ3v) is 4.76. The van der Waals surface area contributed by atoms with E-state index in [1.54, 1.807) is 0 Å². The van der Waals surface area contributed by atoms with Crippen LogP contribution < -0.4 is 0 Å². The van der Waals surface area contributed by atoms with E-state index in [4.69, 9.17) is 11.6 Å². The van der Waals surface area contributed by atoms with Crippen LogP contribution in [0.25, 0.3) is 5.57 Å². The summed E-state index contributed by atoms with van der Waals surface area (Å²) in [6.07, 6.45) is 9.43. The Kier molecular flexibility index (Phi) is 7.51. The molecule has 0 aromatic heterocycles. The summed E-state index contributed by atoms with van der Waals surface area (Å²) in [4.78, 5) is 26.1. The van der Waals surface area contributed by atoms with E-state index < -0.39 is 0 Å². The van der Waals surface area contributed by atoms with Crippen LogP contribution in [0.2, 0.25) is 0 Å². The van der Waals surface area contributed by atoms with Crippen molar-refractivity contribution in [3.05, 3.63) is 40.9 Å². The minimum atomic E-state index is -0.358. The number of hydrogen-bond donors (Lipinski definition) is 0. The number of nitrogens with zero attached hydrogens (tertiary/aromatic N) is 1. The molecular formula is C20H26ClNO2. The lowest BCUT2D eigenvalue weighted by molar-refractivity contribution is -0.136. The fourth-order valence-electron chi connectivity index (χ4n) is 3.01. The van der Waals surface area contributed by atoms with Gasteiger partial charge in [0, 0.05) is 6.54 Å². The van der Waals surface area contributed by atoms with Crippen LogP contribution in [0.4, 0.5) is 0 Å². The molecule has 3 nitrogen and oxygen atoms in total. The van der Waals surface area contributed by atoms with Crippen LogP contribution in [-0.2, 0) is 9.59 Å². The summed E-state index contributed by atoms with van der Waals surface area (Å²) >= 11 is 6.13. The summed E-state index contributed by atoms with van der Waals surface area (Å²) in [5.41, 5.74) is 1.04. The summed E-state index contributed by atoms with van der Waals surface area (Å²) in [5.74, 6) is -0.623. The van der Waals surface area contributed by atoms with Crippen LogP contribution in [0.1, 0.15) is 63.9 Å². The van der Waals surface area contributed by atoms with Gasteiger partial charge in [-0.3, -0.25) is 14.5 Å². The molecule has 2 rings (SSSR count). The van der Waals surface area contributed by atoms with Gasteiger partial charge in [-0.05, 0) is 12.0 Å². The molecule has 1 aliphatic rings. The number of rotatable bonds is 10. The number of benzene rings is 1. The summed E-state index contributed by atoms with van der Waals surface area (Å²) in [7, 11) is 0. The third-order valence-electron chi connectivity index (χ3n) is 4.41. The minimum absolute atomic E-state index is 0.0470. The molecule has 0 spiro atoms. The molecule has 4 heteroatoms. The Morgan fingerprint density at radius 2 is 1.42 bits per heavy atom. The zero-order valence-electron chi connectivity index (χ0n) is 14.4. The summed E-state index contributed by atoms with van der Waals surface area (Å²) in [5, 5.41) is 0.0470. The minimum Gasteiger partial charge on any atom is -0.274 e. The number of carbonyl (C=O) groups excluding carboxylic acids is 2. The number of amides is 2. The van der Waals surface area contributed by atoms with Gasteiger partial charge < -0.3 is 0 Å². The predicted octanol–water partition coefficient (Wildman–Crippen LogP) is 5.15. The van der Waals surface area contributed by atoms with Gasteiger partial charge in [0.05, 0.1) is 5.57 Å². The van der Waals surface area contributed by atoms with Crippen molar-refractivity contribution in [2.75, 3.05) is 6.54 Å². The zero-order chi connectivity index (χ0) is 17.4. The first-order valence-corrected chi connectivity index (χ1v) is 9.36. The van der Waals surface area contributed by atoms with Gasteiger partial charge in [-0.2, -0.15) is 0 Å². The molecule has 0 radical (unpaired) electrons. The molecule has 2 amide bonds. The average Bonchev–Trinajstić information content (AvgIpc) is 2.81. The van der Waals surface area contributed by atoms with E-state index >= 15 is 0 Å². The van der Waals surface area contributed by atoms with Gasteiger partial charge in [-0.15, -0.1) is 0 Å². The van der Waals surface area contributed by atoms with Crippen LogP contribution >= 0.6 is 11.6 Å². The smallest absolute Gasteiger partial charge is 0.273 e. The number of halogens is 1. The number of carbonyl (C=O) groups is 2. The lowest BCUT2D eigenvalue weighted by Crippen LogP contribution is -2.32. The van der Waals surface area contributed by atoms with Gasteiger partial charge in [0.15, 0.2) is 0 Å². The number of imide groups is 1. The molecule has 1 heterocycles. The fourth-order valence-corrected chi connectivity index (χ4v) is 3.30. The maximum absolute atomic E-state index is 12.5. The van der Waals surface area contributed by atoms with E-state index in [1.165, 1.54) is 37.0 Å². The zero-order valence-corrected chi connectivity index (χ0v) is 15.1. The Morgan fingerprint density at radius 3 is 2.04 bits per heavy atom. The van der Waals surface area contributed by atoms with E-state index in [9.17, 15) is 9.59 Å². The van der Waals surface area contributed by atoms with Crippen molar-refractivity contribution in [1.82, 2.24) is 4.90 Å². The Bertz CT molecular complexity index is 595. The van der Waals surface area contributed by atoms with E-state index in [0.717, 1.165) is 19.3 Å². The summed E-state index contributed by atoms with van der Waals surface area (Å²) < 4.78 is 0. The second-order valence-electron chi connectivity index (χ2n) is 6.29. The van der Waals surface area contributed by atoms with E-state index in [2.05, 4.69) is 6.92 Å². The van der Waals surface area contributed by atoms with Crippen molar-refractivity contribution < 1.29 is 9.59 Å². The maximum Gasteiger partial charge on any atom is 0.273 e. The topological polar surface area (TPSA) is 37.4 Å². The Labute approximate surface area is 149 Å². The molecular weight excluding hydrogens is 322 g/mol. The highest BCUT2D eigenvalue weighted by Gasteiger charge is 2.37. The molecule has 0 bridgehead atoms. The van der Waals surface area contributed by atoms with Crippen LogP contribution in [0.5, 0.6) is 0 Å². The molecule has 0 fully saturated rings. The lowest BCUT2D eigenvalue weighted by atomic mass is 10.1. The summed E-state index contributed by atoms with van der Waals surface area (Å²) in [6, 6.07) is 9.17. The second-order valence-corrected chi connectivity index (χ2v) is 6.67. The lowest BCUT2D eigenvalue weighted by Gasteiger charge is -2.14.